The Morgan fingerprint density at radius 2 is 1.75 bits per heavy atom. The molecule has 0 aromatic carbocycles. The van der Waals surface area contributed by atoms with Crippen molar-refractivity contribution in [2.45, 2.75) is 0 Å². The van der Waals surface area contributed by atoms with Crippen molar-refractivity contribution in [2.24, 2.45) is 5.73 Å². The van der Waals surface area contributed by atoms with Gasteiger partial charge in [0.05, 0.1) is 6.54 Å². The molecule has 0 rings (SSSR count). The SMILES string of the molecule is NCC(=O)O.O.[AlH3].[Zr]. The van der Waals surface area contributed by atoms with Gasteiger partial charge >= 0.3 is 5.97 Å². The summed E-state index contributed by atoms with van der Waals surface area (Å²) in [7, 11) is 0. The number of carboxylic acid groups (broad SMARTS) is 1. The topological polar surface area (TPSA) is 94.8 Å². The maximum Gasteiger partial charge on any atom is 0.317 e. The van der Waals surface area contributed by atoms with Crippen molar-refractivity contribution in [2.75, 3.05) is 6.54 Å². The molecule has 0 aliphatic carbocycles. The molecule has 0 amide bonds. The number of hydrogen-bond acceptors (Lipinski definition) is 2. The van der Waals surface area contributed by atoms with E-state index in [2.05, 4.69) is 5.73 Å². The number of nitrogens with two attached hydrogens (primary N) is 1. The van der Waals surface area contributed by atoms with Crippen LogP contribution in [0.25, 0.3) is 0 Å². The van der Waals surface area contributed by atoms with Gasteiger partial charge in [0.2, 0.25) is 0 Å². The van der Waals surface area contributed by atoms with E-state index in [0.717, 1.165) is 0 Å². The Kier molecular flexibility index (Phi) is 45.5. The minimum absolute atomic E-state index is 0. The zero-order valence-electron chi connectivity index (χ0n) is 3.64. The summed E-state index contributed by atoms with van der Waals surface area (Å²) in [5.74, 6) is -0.968. The first-order valence-corrected chi connectivity index (χ1v) is 1.19. The molecule has 0 saturated heterocycles. The van der Waals surface area contributed by atoms with Gasteiger partial charge in [0.1, 0.15) is 0 Å². The van der Waals surface area contributed by atoms with Crippen molar-refractivity contribution in [3.8, 4) is 0 Å². The summed E-state index contributed by atoms with van der Waals surface area (Å²) in [5.41, 5.74) is 4.57. The smallest absolute Gasteiger partial charge is 0.317 e. The number of rotatable bonds is 1. The van der Waals surface area contributed by atoms with Crippen LogP contribution in [0.2, 0.25) is 0 Å². The van der Waals surface area contributed by atoms with Gasteiger partial charge in [-0.1, -0.05) is 0 Å². The summed E-state index contributed by atoms with van der Waals surface area (Å²) in [5, 5.41) is 7.60. The first-order chi connectivity index (χ1) is 2.27. The van der Waals surface area contributed by atoms with E-state index in [9.17, 15) is 4.79 Å². The van der Waals surface area contributed by atoms with E-state index in [1.54, 1.807) is 0 Å². The van der Waals surface area contributed by atoms with Gasteiger partial charge in [-0.3, -0.25) is 4.79 Å². The van der Waals surface area contributed by atoms with Crippen LogP contribution < -0.4 is 5.73 Å². The van der Waals surface area contributed by atoms with Gasteiger partial charge in [-0.2, -0.15) is 0 Å². The Hall–Kier alpha value is 0.806. The van der Waals surface area contributed by atoms with E-state index >= 15 is 0 Å². The quantitative estimate of drug-likeness (QED) is 0.456. The van der Waals surface area contributed by atoms with Crippen LogP contribution in [0.5, 0.6) is 0 Å². The Morgan fingerprint density at radius 3 is 1.75 bits per heavy atom. The number of aliphatic carboxylic acids is 1. The first kappa shape index (κ1) is 23.2. The largest absolute Gasteiger partial charge is 0.480 e. The Bertz CT molecular complexity index is 52.5. The summed E-state index contributed by atoms with van der Waals surface area (Å²) in [6.45, 7) is -0.278. The third-order valence-corrected chi connectivity index (χ3v) is 0.175. The minimum Gasteiger partial charge on any atom is -0.480 e. The van der Waals surface area contributed by atoms with Crippen LogP contribution in [0, 0.1) is 0 Å². The van der Waals surface area contributed by atoms with Gasteiger partial charge in [-0.25, -0.2) is 0 Å². The van der Waals surface area contributed by atoms with Gasteiger partial charge < -0.3 is 16.3 Å². The summed E-state index contributed by atoms with van der Waals surface area (Å²) in [4.78, 5) is 9.24. The van der Waals surface area contributed by atoms with Crippen LogP contribution in [0.3, 0.4) is 0 Å². The van der Waals surface area contributed by atoms with Gasteiger partial charge in [0.25, 0.3) is 0 Å². The molecule has 6 heteroatoms. The molecular weight excluding hydrogens is 204 g/mol. The van der Waals surface area contributed by atoms with E-state index in [1.807, 2.05) is 0 Å². The van der Waals surface area contributed by atoms with E-state index < -0.39 is 5.97 Å². The summed E-state index contributed by atoms with van der Waals surface area (Å²) < 4.78 is 0. The normalized spacial score (nSPS) is 4.62. The van der Waals surface area contributed by atoms with Crippen LogP contribution in [-0.2, 0) is 31.0 Å². The molecule has 0 spiro atoms. The fourth-order valence-electron chi connectivity index (χ4n) is 0. The fraction of sp³-hybridized carbons (Fsp3) is 0.500. The van der Waals surface area contributed by atoms with Gasteiger partial charge in [-0.05, 0) is 0 Å². The van der Waals surface area contributed by atoms with Crippen LogP contribution in [0.15, 0.2) is 0 Å². The van der Waals surface area contributed by atoms with Crippen molar-refractivity contribution in [3.05, 3.63) is 0 Å². The Morgan fingerprint density at radius 1 is 1.62 bits per heavy atom. The molecule has 0 saturated carbocycles. The number of hydrogen-bond donors (Lipinski definition) is 2. The van der Waals surface area contributed by atoms with E-state index in [4.69, 9.17) is 5.11 Å². The fourth-order valence-corrected chi connectivity index (χ4v) is 0. The molecule has 48 valence electrons. The monoisotopic (exact) mass is 213 g/mol. The van der Waals surface area contributed by atoms with Crippen LogP contribution in [0.1, 0.15) is 0 Å². The van der Waals surface area contributed by atoms with Crippen molar-refractivity contribution >= 4 is 23.3 Å². The molecule has 0 aliphatic rings. The van der Waals surface area contributed by atoms with E-state index in [0.29, 0.717) is 0 Å². The molecule has 5 N–H and O–H groups in total. The number of carboxylic acids is 1. The molecule has 0 unspecified atom stereocenters. The molecule has 0 aromatic rings. The molecule has 0 atom stereocenters. The van der Waals surface area contributed by atoms with Crippen molar-refractivity contribution in [1.82, 2.24) is 0 Å². The molecule has 8 heavy (non-hydrogen) atoms. The molecule has 0 radical (unpaired) electrons. The maximum atomic E-state index is 9.24. The zero-order valence-corrected chi connectivity index (χ0v) is 6.10. The zero-order chi connectivity index (χ0) is 4.28. The maximum absolute atomic E-state index is 9.24. The molecule has 0 bridgehead atoms. The van der Waals surface area contributed by atoms with Crippen molar-refractivity contribution in [3.63, 3.8) is 0 Å². The molecule has 0 fully saturated rings. The molecular formula is C2H10AlNO3Zr. The predicted octanol–water partition coefficient (Wildman–Crippen LogP) is -2.98. The second-order valence-electron chi connectivity index (χ2n) is 0.598. The minimum atomic E-state index is -0.968. The average molecular weight is 214 g/mol. The average Bonchev–Trinajstić information content (AvgIpc) is 1.38. The number of carbonyl (C=O) groups is 1. The predicted molar refractivity (Wildman–Crippen MR) is 30.2 cm³/mol. The van der Waals surface area contributed by atoms with Crippen molar-refractivity contribution < 1.29 is 41.6 Å². The standard InChI is InChI=1S/C2H5NO2.Al.H2O.Zr.3H/c3-1-2(4)5;;;;;;/h1,3H2,(H,4,5);;1H2;;;;. The molecule has 0 heterocycles. The second kappa shape index (κ2) is 15.7. The molecule has 0 aromatic heterocycles. The summed E-state index contributed by atoms with van der Waals surface area (Å²) in [6, 6.07) is 0. The van der Waals surface area contributed by atoms with Gasteiger partial charge in [0.15, 0.2) is 17.4 Å². The van der Waals surface area contributed by atoms with Crippen LogP contribution in [-0.4, -0.2) is 40.5 Å². The van der Waals surface area contributed by atoms with Gasteiger partial charge in [-0.15, -0.1) is 0 Å². The van der Waals surface area contributed by atoms with Crippen LogP contribution >= 0.6 is 0 Å². The van der Waals surface area contributed by atoms with Crippen molar-refractivity contribution in [1.29, 1.82) is 0 Å². The molecule has 4 nitrogen and oxygen atoms in total. The second-order valence-corrected chi connectivity index (χ2v) is 0.598. The van der Waals surface area contributed by atoms with E-state index in [-0.39, 0.29) is 55.6 Å². The third kappa shape index (κ3) is 29.1. The Labute approximate surface area is 77.0 Å². The van der Waals surface area contributed by atoms with Gasteiger partial charge in [0, 0.05) is 26.2 Å². The summed E-state index contributed by atoms with van der Waals surface area (Å²) >= 11 is 0. The first-order valence-electron chi connectivity index (χ1n) is 1.19. The van der Waals surface area contributed by atoms with E-state index in [1.165, 1.54) is 0 Å². The third-order valence-electron chi connectivity index (χ3n) is 0.175. The summed E-state index contributed by atoms with van der Waals surface area (Å²) in [6.07, 6.45) is 0. The molecule has 0 aliphatic heterocycles. The Balaban J connectivity index is -0.0000000267. The van der Waals surface area contributed by atoms with Crippen LogP contribution in [0.4, 0.5) is 0 Å².